The fourth-order valence-electron chi connectivity index (χ4n) is 3.47. The monoisotopic (exact) mass is 471 g/mol. The molecular weight excluding hydrogens is 438 g/mol. The van der Waals surface area contributed by atoms with Crippen molar-refractivity contribution in [2.75, 3.05) is 19.0 Å². The standard InChI is InChI=1S/C22H33NO6S2/c1-7-8-15-29-17-10-12-18(13-11-17)31(27,28)23-22(19(25)26,20(2,3)4)21(5,6)30-16-9-14-24/h10-13,23-24H,9,14-16H2,1-6H3,(H,25,26)/t22-/m1/s1. The van der Waals surface area contributed by atoms with E-state index in [9.17, 15) is 18.3 Å². The quantitative estimate of drug-likeness (QED) is 0.336. The molecular formula is C22H33NO6S2. The minimum Gasteiger partial charge on any atom is -0.481 e. The van der Waals surface area contributed by atoms with Gasteiger partial charge in [0, 0.05) is 11.4 Å². The highest BCUT2D eigenvalue weighted by Crippen LogP contribution is 2.47. The Hall–Kier alpha value is -1.73. The number of carboxylic acid groups (broad SMARTS) is 1. The minimum atomic E-state index is -4.18. The van der Waals surface area contributed by atoms with Crippen molar-refractivity contribution in [3.05, 3.63) is 24.3 Å². The average Bonchev–Trinajstić information content (AvgIpc) is 2.65. The summed E-state index contributed by atoms with van der Waals surface area (Å²) in [5, 5.41) is 19.4. The van der Waals surface area contributed by atoms with Crippen molar-refractivity contribution in [2.24, 2.45) is 5.41 Å². The van der Waals surface area contributed by atoms with Crippen LogP contribution in [0.25, 0.3) is 0 Å². The first-order chi connectivity index (χ1) is 14.2. The molecule has 0 spiro atoms. The summed E-state index contributed by atoms with van der Waals surface area (Å²) in [4.78, 5) is 12.6. The molecule has 0 bridgehead atoms. The Kier molecular flexibility index (Phi) is 9.45. The maximum atomic E-state index is 13.3. The van der Waals surface area contributed by atoms with Crippen molar-refractivity contribution in [3.63, 3.8) is 0 Å². The third-order valence-electron chi connectivity index (χ3n) is 5.02. The summed E-state index contributed by atoms with van der Waals surface area (Å²) in [6.07, 6.45) is 0.477. The van der Waals surface area contributed by atoms with Gasteiger partial charge in [0.25, 0.3) is 0 Å². The van der Waals surface area contributed by atoms with E-state index in [0.29, 0.717) is 17.9 Å². The van der Waals surface area contributed by atoms with Gasteiger partial charge in [-0.05, 0) is 62.6 Å². The van der Waals surface area contributed by atoms with E-state index in [1.165, 1.54) is 36.0 Å². The van der Waals surface area contributed by atoms with Crippen LogP contribution < -0.4 is 9.46 Å². The number of aliphatic hydroxyl groups excluding tert-OH is 1. The van der Waals surface area contributed by atoms with Gasteiger partial charge in [0.05, 0.1) is 4.90 Å². The number of rotatable bonds is 11. The number of carbonyl (C=O) groups is 1. The van der Waals surface area contributed by atoms with Gasteiger partial charge in [-0.1, -0.05) is 26.7 Å². The van der Waals surface area contributed by atoms with Crippen LogP contribution in [0, 0.1) is 17.3 Å². The number of thioether (sulfide) groups is 1. The molecule has 0 aromatic heterocycles. The molecule has 174 valence electrons. The number of hydrogen-bond acceptors (Lipinski definition) is 6. The van der Waals surface area contributed by atoms with Crippen LogP contribution in [0.3, 0.4) is 0 Å². The molecule has 1 rings (SSSR count). The number of hydrogen-bond donors (Lipinski definition) is 3. The highest BCUT2D eigenvalue weighted by atomic mass is 32.2. The maximum Gasteiger partial charge on any atom is 0.326 e. The summed E-state index contributed by atoms with van der Waals surface area (Å²) in [7, 11) is -4.18. The SMILES string of the molecule is CC#CCOc1ccc(S(=O)(=O)N[C@](C(=O)O)(C(C)(C)C)C(C)(C)SCCCO)cc1. The average molecular weight is 472 g/mol. The minimum absolute atomic E-state index is 0.0251. The van der Waals surface area contributed by atoms with Crippen LogP contribution >= 0.6 is 11.8 Å². The lowest BCUT2D eigenvalue weighted by molar-refractivity contribution is -0.150. The van der Waals surface area contributed by atoms with Crippen LogP contribution in [-0.2, 0) is 14.8 Å². The summed E-state index contributed by atoms with van der Waals surface area (Å²) < 4.78 is 33.4. The molecule has 31 heavy (non-hydrogen) atoms. The molecule has 1 aromatic carbocycles. The van der Waals surface area contributed by atoms with E-state index in [4.69, 9.17) is 9.84 Å². The Morgan fingerprint density at radius 1 is 1.16 bits per heavy atom. The molecule has 1 aromatic rings. The van der Waals surface area contributed by atoms with E-state index in [-0.39, 0.29) is 18.1 Å². The normalized spacial score (nSPS) is 14.3. The molecule has 0 fully saturated rings. The molecule has 0 heterocycles. The molecule has 9 heteroatoms. The number of carboxylic acids is 1. The van der Waals surface area contributed by atoms with Gasteiger partial charge in [0.1, 0.15) is 17.9 Å². The van der Waals surface area contributed by atoms with Crippen molar-refractivity contribution < 1.29 is 28.2 Å². The molecule has 3 N–H and O–H groups in total. The predicted octanol–water partition coefficient (Wildman–Crippen LogP) is 3.13. The largest absolute Gasteiger partial charge is 0.481 e. The lowest BCUT2D eigenvalue weighted by Crippen LogP contribution is -2.71. The molecule has 7 nitrogen and oxygen atoms in total. The van der Waals surface area contributed by atoms with Gasteiger partial charge < -0.3 is 14.9 Å². The predicted molar refractivity (Wildman–Crippen MR) is 124 cm³/mol. The lowest BCUT2D eigenvalue weighted by Gasteiger charge is -2.51. The second-order valence-electron chi connectivity index (χ2n) is 8.53. The van der Waals surface area contributed by atoms with E-state index < -0.39 is 31.7 Å². The molecule has 0 radical (unpaired) electrons. The van der Waals surface area contributed by atoms with Gasteiger partial charge in [-0.3, -0.25) is 4.79 Å². The molecule has 0 saturated heterocycles. The number of benzene rings is 1. The second kappa shape index (κ2) is 10.7. The first-order valence-electron chi connectivity index (χ1n) is 9.90. The van der Waals surface area contributed by atoms with Crippen LogP contribution in [-0.4, -0.2) is 53.9 Å². The number of aliphatic hydroxyl groups is 1. The molecule has 0 amide bonds. The van der Waals surface area contributed by atoms with Crippen molar-refractivity contribution in [1.82, 2.24) is 4.72 Å². The van der Waals surface area contributed by atoms with Gasteiger partial charge >= 0.3 is 5.97 Å². The number of sulfonamides is 1. The number of aliphatic carboxylic acids is 1. The molecule has 0 aliphatic rings. The summed E-state index contributed by atoms with van der Waals surface area (Å²) >= 11 is 1.31. The third kappa shape index (κ3) is 6.39. The highest BCUT2D eigenvalue weighted by molar-refractivity contribution is 8.00. The highest BCUT2D eigenvalue weighted by Gasteiger charge is 2.61. The lowest BCUT2D eigenvalue weighted by atomic mass is 9.67. The van der Waals surface area contributed by atoms with Gasteiger partial charge in [-0.15, -0.1) is 5.92 Å². The molecule has 0 aliphatic heterocycles. The van der Waals surface area contributed by atoms with Crippen LogP contribution in [0.1, 0.15) is 48.0 Å². The topological polar surface area (TPSA) is 113 Å². The van der Waals surface area contributed by atoms with Gasteiger partial charge in [0.2, 0.25) is 10.0 Å². The van der Waals surface area contributed by atoms with E-state index >= 15 is 0 Å². The first kappa shape index (κ1) is 27.3. The Labute approximate surface area is 190 Å². The van der Waals surface area contributed by atoms with E-state index in [1.807, 2.05) is 0 Å². The molecule has 0 saturated carbocycles. The van der Waals surface area contributed by atoms with Gasteiger partial charge in [-0.2, -0.15) is 16.5 Å². The molecule has 0 aliphatic carbocycles. The Morgan fingerprint density at radius 2 is 1.74 bits per heavy atom. The van der Waals surface area contributed by atoms with E-state index in [1.54, 1.807) is 41.5 Å². The van der Waals surface area contributed by atoms with E-state index in [2.05, 4.69) is 16.6 Å². The third-order valence-corrected chi connectivity index (χ3v) is 8.01. The first-order valence-corrected chi connectivity index (χ1v) is 12.4. The van der Waals surface area contributed by atoms with Crippen LogP contribution in [0.5, 0.6) is 5.75 Å². The Morgan fingerprint density at radius 3 is 2.19 bits per heavy atom. The van der Waals surface area contributed by atoms with Crippen molar-refractivity contribution in [3.8, 4) is 17.6 Å². The number of ether oxygens (including phenoxy) is 1. The summed E-state index contributed by atoms with van der Waals surface area (Å²) in [6.45, 7) is 10.4. The van der Waals surface area contributed by atoms with Crippen molar-refractivity contribution in [2.45, 2.75) is 63.1 Å². The van der Waals surface area contributed by atoms with Gasteiger partial charge in [-0.25, -0.2) is 8.42 Å². The summed E-state index contributed by atoms with van der Waals surface area (Å²) in [5.74, 6) is 5.15. The maximum absolute atomic E-state index is 13.3. The fourth-order valence-corrected chi connectivity index (χ4v) is 6.64. The number of nitrogens with one attached hydrogen (secondary N) is 1. The van der Waals surface area contributed by atoms with E-state index in [0.717, 1.165) is 0 Å². The molecule has 0 unspecified atom stereocenters. The van der Waals surface area contributed by atoms with Gasteiger partial charge in [0.15, 0.2) is 0 Å². The molecule has 1 atom stereocenters. The Bertz CT molecular complexity index is 908. The van der Waals surface area contributed by atoms with Crippen LogP contribution in [0.15, 0.2) is 29.2 Å². The zero-order valence-corrected chi connectivity index (χ0v) is 20.6. The second-order valence-corrected chi connectivity index (χ2v) is 11.9. The summed E-state index contributed by atoms with van der Waals surface area (Å²) in [6, 6.07) is 5.76. The fraction of sp³-hybridized carbons (Fsp3) is 0.591. The van der Waals surface area contributed by atoms with Crippen molar-refractivity contribution in [1.29, 1.82) is 0 Å². The zero-order chi connectivity index (χ0) is 23.9. The Balaban J connectivity index is 3.38. The van der Waals surface area contributed by atoms with Crippen LogP contribution in [0.4, 0.5) is 0 Å². The van der Waals surface area contributed by atoms with Crippen LogP contribution in [0.2, 0.25) is 0 Å². The summed E-state index contributed by atoms with van der Waals surface area (Å²) in [5.41, 5.74) is -2.80. The smallest absolute Gasteiger partial charge is 0.326 e. The zero-order valence-electron chi connectivity index (χ0n) is 19.0. The van der Waals surface area contributed by atoms with Crippen molar-refractivity contribution >= 4 is 27.8 Å².